The molecule has 4 rings (SSSR count). The van der Waals surface area contributed by atoms with Crippen molar-refractivity contribution in [2.45, 2.75) is 0 Å². The Morgan fingerprint density at radius 1 is 0.415 bits per heavy atom. The molecule has 0 aliphatic rings. The lowest BCUT2D eigenvalue weighted by atomic mass is 9.36. The van der Waals surface area contributed by atoms with Crippen LogP contribution >= 0.6 is 23.2 Å². The Labute approximate surface area is 226 Å². The van der Waals surface area contributed by atoms with Gasteiger partial charge in [-0.2, -0.15) is 0 Å². The van der Waals surface area contributed by atoms with Gasteiger partial charge in [0.2, 0.25) is 0 Å². The van der Waals surface area contributed by atoms with E-state index >= 15 is 0 Å². The molecule has 0 bridgehead atoms. The summed E-state index contributed by atoms with van der Waals surface area (Å²) in [5, 5.41) is 0.711. The first-order valence-corrected chi connectivity index (χ1v) is 10.6. The largest absolute Gasteiger partial charge is 0.334 e. The maximum absolute atomic E-state index is 14.4. The standard InChI is InChI=1S/C18BF15.C3H2Cl2N2/c20-4-1(5(21)11(27)16(32)10(4)26)19(2-6(22)12(28)17(33)13(29)7(2)23)3-8(24)14(30)18(34)15(31)9(3)25;4-2-3(5)7-1-6-2/h;1H,(H,6,7). The summed E-state index contributed by atoms with van der Waals surface area (Å²) in [5.41, 5.74) is -8.03. The van der Waals surface area contributed by atoms with Crippen molar-refractivity contribution in [3.63, 3.8) is 0 Å². The van der Waals surface area contributed by atoms with Gasteiger partial charge >= 0.3 is 0 Å². The fourth-order valence-corrected chi connectivity index (χ4v) is 3.52. The maximum Gasteiger partial charge on any atom is 0.265 e. The number of H-pyrrole nitrogens is 1. The van der Waals surface area contributed by atoms with Gasteiger partial charge in [-0.05, 0) is 0 Å². The van der Waals surface area contributed by atoms with Crippen molar-refractivity contribution in [2.75, 3.05) is 0 Å². The van der Waals surface area contributed by atoms with E-state index in [9.17, 15) is 65.9 Å². The molecular weight excluding hydrogens is 647 g/mol. The van der Waals surface area contributed by atoms with Crippen LogP contribution in [0.5, 0.6) is 0 Å². The highest BCUT2D eigenvalue weighted by atomic mass is 35.5. The zero-order valence-electron chi connectivity index (χ0n) is 18.5. The van der Waals surface area contributed by atoms with E-state index in [1.807, 2.05) is 0 Å². The number of imidazole rings is 1. The van der Waals surface area contributed by atoms with Gasteiger partial charge in [0, 0.05) is 16.4 Å². The molecule has 3 aromatic carbocycles. The van der Waals surface area contributed by atoms with E-state index in [2.05, 4.69) is 9.97 Å². The van der Waals surface area contributed by atoms with E-state index in [0.717, 1.165) is 0 Å². The molecule has 1 aromatic heterocycles. The van der Waals surface area contributed by atoms with Crippen LogP contribution in [0.4, 0.5) is 65.9 Å². The van der Waals surface area contributed by atoms with E-state index in [-0.39, 0.29) is 0 Å². The van der Waals surface area contributed by atoms with Gasteiger partial charge in [0.25, 0.3) is 6.71 Å². The average Bonchev–Trinajstić information content (AvgIpc) is 3.32. The number of nitrogens with zero attached hydrogens (tertiary/aromatic N) is 1. The molecule has 41 heavy (non-hydrogen) atoms. The summed E-state index contributed by atoms with van der Waals surface area (Å²) in [4.78, 5) is 6.18. The van der Waals surface area contributed by atoms with E-state index in [0.29, 0.717) is 10.3 Å². The third-order valence-corrected chi connectivity index (χ3v) is 5.82. The Kier molecular flexibility index (Phi) is 9.17. The molecule has 2 nitrogen and oxygen atoms in total. The predicted molar refractivity (Wildman–Crippen MR) is 112 cm³/mol. The van der Waals surface area contributed by atoms with Gasteiger partial charge in [-0.25, -0.2) is 70.8 Å². The van der Waals surface area contributed by atoms with Gasteiger partial charge in [0.15, 0.2) is 92.4 Å². The zero-order chi connectivity index (χ0) is 31.2. The van der Waals surface area contributed by atoms with Crippen molar-refractivity contribution in [3.05, 3.63) is 104 Å². The van der Waals surface area contributed by atoms with Crippen LogP contribution < -0.4 is 16.4 Å². The number of aromatic nitrogens is 2. The van der Waals surface area contributed by atoms with Crippen molar-refractivity contribution in [1.82, 2.24) is 9.97 Å². The third kappa shape index (κ3) is 5.29. The number of hydrogen-bond acceptors (Lipinski definition) is 1. The molecule has 1 N–H and O–H groups in total. The molecule has 0 aliphatic heterocycles. The molecule has 20 heteroatoms. The fourth-order valence-electron chi connectivity index (χ4n) is 3.32. The Morgan fingerprint density at radius 2 is 0.634 bits per heavy atom. The molecule has 1 heterocycles. The SMILES string of the molecule is Clc1nc[nH]c1Cl.Fc1c(F)c(F)c(B(c2c(F)c(F)c(F)c(F)c2F)c2c(F)c(F)c(F)c(F)c2F)c(F)c1F. The van der Waals surface area contributed by atoms with Crippen molar-refractivity contribution in [1.29, 1.82) is 0 Å². The summed E-state index contributed by atoms with van der Waals surface area (Å²) in [6.45, 7) is -3.96. The molecule has 0 atom stereocenters. The molecule has 0 unspecified atom stereocenters. The molecule has 218 valence electrons. The highest BCUT2D eigenvalue weighted by Crippen LogP contribution is 2.23. The lowest BCUT2D eigenvalue weighted by molar-refractivity contribution is 0.380. The maximum atomic E-state index is 14.4. The topological polar surface area (TPSA) is 28.7 Å². The molecule has 4 aromatic rings. The number of hydrogen-bond donors (Lipinski definition) is 1. The number of benzene rings is 3. The molecule has 0 aliphatic carbocycles. The Bertz CT molecular complexity index is 1430. The van der Waals surface area contributed by atoms with E-state index < -0.39 is 110 Å². The van der Waals surface area contributed by atoms with Crippen LogP contribution in [0.15, 0.2) is 6.33 Å². The van der Waals surface area contributed by atoms with Gasteiger partial charge in [-0.3, -0.25) is 0 Å². The van der Waals surface area contributed by atoms with Gasteiger partial charge in [0.1, 0.15) is 5.15 Å². The number of rotatable bonds is 3. The first-order valence-electron chi connectivity index (χ1n) is 9.85. The summed E-state index contributed by atoms with van der Waals surface area (Å²) in [6.07, 6.45) is 1.44. The smallest absolute Gasteiger partial charge is 0.265 e. The van der Waals surface area contributed by atoms with Crippen LogP contribution in [0.2, 0.25) is 10.3 Å². The Morgan fingerprint density at radius 3 is 0.780 bits per heavy atom. The number of nitrogens with one attached hydrogen (secondary N) is 1. The highest BCUT2D eigenvalue weighted by molar-refractivity contribution is 6.95. The second-order valence-corrected chi connectivity index (χ2v) is 8.13. The molecular formula is C21H2BCl2F15N2. The quantitative estimate of drug-likeness (QED) is 0.126. The van der Waals surface area contributed by atoms with Crippen molar-refractivity contribution in [2.24, 2.45) is 0 Å². The molecule has 0 spiro atoms. The summed E-state index contributed by atoms with van der Waals surface area (Å²) in [5.74, 6) is -45.2. The normalized spacial score (nSPS) is 11.0. The summed E-state index contributed by atoms with van der Waals surface area (Å²) >= 11 is 10.7. The zero-order valence-corrected chi connectivity index (χ0v) is 20.0. The molecule has 0 saturated carbocycles. The van der Waals surface area contributed by atoms with Crippen LogP contribution in [0, 0.1) is 87.3 Å². The minimum atomic E-state index is -3.96. The third-order valence-electron chi connectivity index (χ3n) is 5.15. The summed E-state index contributed by atoms with van der Waals surface area (Å²) in [6, 6.07) is 0. The van der Waals surface area contributed by atoms with Crippen molar-refractivity contribution < 1.29 is 65.9 Å². The van der Waals surface area contributed by atoms with E-state index in [1.165, 1.54) is 6.33 Å². The number of aromatic amines is 1. The minimum Gasteiger partial charge on any atom is -0.334 e. The lowest BCUT2D eigenvalue weighted by Gasteiger charge is -2.21. The van der Waals surface area contributed by atoms with Crippen LogP contribution in [0.3, 0.4) is 0 Å². The average molecular weight is 649 g/mol. The molecule has 0 radical (unpaired) electrons. The summed E-state index contributed by atoms with van der Waals surface area (Å²) in [7, 11) is 0. The number of halogens is 17. The monoisotopic (exact) mass is 648 g/mol. The molecule has 0 fully saturated rings. The molecule has 0 amide bonds. The second kappa shape index (κ2) is 11.8. The Hall–Kier alpha value is -3.54. The fraction of sp³-hybridized carbons (Fsp3) is 0. The second-order valence-electron chi connectivity index (χ2n) is 7.39. The van der Waals surface area contributed by atoms with Gasteiger partial charge in [-0.15, -0.1) is 0 Å². The highest BCUT2D eigenvalue weighted by Gasteiger charge is 2.45. The lowest BCUT2D eigenvalue weighted by Crippen LogP contribution is -2.60. The van der Waals surface area contributed by atoms with Crippen LogP contribution in [-0.2, 0) is 0 Å². The van der Waals surface area contributed by atoms with E-state index in [1.54, 1.807) is 0 Å². The van der Waals surface area contributed by atoms with Gasteiger partial charge < -0.3 is 4.98 Å². The Balaban J connectivity index is 0.000000575. The van der Waals surface area contributed by atoms with Gasteiger partial charge in [-0.1, -0.05) is 23.2 Å². The first-order chi connectivity index (χ1) is 19.0. The minimum absolute atomic E-state index is 0.321. The van der Waals surface area contributed by atoms with E-state index in [4.69, 9.17) is 23.2 Å². The van der Waals surface area contributed by atoms with Crippen LogP contribution in [-0.4, -0.2) is 16.7 Å². The predicted octanol–water partition coefficient (Wildman–Crippen LogP) is 6.01. The first kappa shape index (κ1) is 32.0. The summed E-state index contributed by atoms with van der Waals surface area (Å²) < 4.78 is 209. The molecule has 0 saturated heterocycles. The van der Waals surface area contributed by atoms with Crippen molar-refractivity contribution in [3.8, 4) is 0 Å². The van der Waals surface area contributed by atoms with Gasteiger partial charge in [0.05, 0.1) is 6.33 Å². The van der Waals surface area contributed by atoms with Crippen LogP contribution in [0.1, 0.15) is 0 Å². The van der Waals surface area contributed by atoms with Crippen molar-refractivity contribution >= 4 is 46.3 Å². The van der Waals surface area contributed by atoms with Crippen LogP contribution in [0.25, 0.3) is 0 Å².